The summed E-state index contributed by atoms with van der Waals surface area (Å²) in [6.07, 6.45) is 2.95. The van der Waals surface area contributed by atoms with E-state index < -0.39 is 0 Å². The second kappa shape index (κ2) is 5.75. The van der Waals surface area contributed by atoms with Gasteiger partial charge < -0.3 is 10.4 Å². The fourth-order valence-corrected chi connectivity index (χ4v) is 1.51. The number of hydrogen-bond donors (Lipinski definition) is 2. The third-order valence-corrected chi connectivity index (χ3v) is 2.41. The Hall–Kier alpha value is -2.45. The van der Waals surface area contributed by atoms with Gasteiger partial charge in [0.25, 0.3) is 0 Å². The lowest BCUT2D eigenvalue weighted by molar-refractivity contribution is 0.281. The first-order valence-corrected chi connectivity index (χ1v) is 5.46. The minimum Gasteiger partial charge on any atom is -0.392 e. The standard InChI is InChI=1S/C13H12N4O/c14-5-12-7-17-13(8-15-12)16-6-10-2-1-3-11(4-10)9-18/h1-4,7-8,18H,6,9H2,(H,16,17). The van der Waals surface area contributed by atoms with Crippen LogP contribution in [-0.2, 0) is 13.2 Å². The zero-order valence-corrected chi connectivity index (χ0v) is 9.67. The van der Waals surface area contributed by atoms with Gasteiger partial charge in [-0.15, -0.1) is 0 Å². The summed E-state index contributed by atoms with van der Waals surface area (Å²) < 4.78 is 0. The van der Waals surface area contributed by atoms with Crippen molar-refractivity contribution >= 4 is 5.82 Å². The molecule has 0 aliphatic carbocycles. The van der Waals surface area contributed by atoms with Crippen LogP contribution < -0.4 is 5.32 Å². The molecular formula is C13H12N4O. The van der Waals surface area contributed by atoms with Gasteiger partial charge in [-0.3, -0.25) is 0 Å². The molecule has 5 heteroatoms. The third-order valence-electron chi connectivity index (χ3n) is 2.41. The summed E-state index contributed by atoms with van der Waals surface area (Å²) in [6, 6.07) is 9.56. The van der Waals surface area contributed by atoms with Crippen molar-refractivity contribution in [3.63, 3.8) is 0 Å². The monoisotopic (exact) mass is 240 g/mol. The molecule has 0 saturated carbocycles. The molecule has 0 atom stereocenters. The highest BCUT2D eigenvalue weighted by Crippen LogP contribution is 2.08. The molecule has 0 spiro atoms. The molecule has 0 amide bonds. The van der Waals surface area contributed by atoms with Gasteiger partial charge in [0.1, 0.15) is 11.9 Å². The summed E-state index contributed by atoms with van der Waals surface area (Å²) >= 11 is 0. The highest BCUT2D eigenvalue weighted by Gasteiger charge is 1.98. The molecule has 5 nitrogen and oxygen atoms in total. The zero-order chi connectivity index (χ0) is 12.8. The molecule has 0 aliphatic rings. The molecule has 0 bridgehead atoms. The fraction of sp³-hybridized carbons (Fsp3) is 0.154. The number of rotatable bonds is 4. The van der Waals surface area contributed by atoms with Gasteiger partial charge >= 0.3 is 0 Å². The number of hydrogen-bond acceptors (Lipinski definition) is 5. The number of benzene rings is 1. The molecule has 0 fully saturated rings. The van der Waals surface area contributed by atoms with Crippen LogP contribution in [0.15, 0.2) is 36.7 Å². The summed E-state index contributed by atoms with van der Waals surface area (Å²) in [5.41, 5.74) is 2.22. The summed E-state index contributed by atoms with van der Waals surface area (Å²) in [5.74, 6) is 0.614. The van der Waals surface area contributed by atoms with E-state index in [4.69, 9.17) is 10.4 Å². The predicted octanol–water partition coefficient (Wildman–Crippen LogP) is 1.45. The molecule has 0 unspecified atom stereocenters. The lowest BCUT2D eigenvalue weighted by atomic mass is 10.1. The zero-order valence-electron chi connectivity index (χ0n) is 9.67. The van der Waals surface area contributed by atoms with Crippen LogP contribution in [0.5, 0.6) is 0 Å². The van der Waals surface area contributed by atoms with Crippen LogP contribution in [0.1, 0.15) is 16.8 Å². The Morgan fingerprint density at radius 1 is 1.22 bits per heavy atom. The van der Waals surface area contributed by atoms with Crippen molar-refractivity contribution in [1.82, 2.24) is 9.97 Å². The Morgan fingerprint density at radius 2 is 2.06 bits per heavy atom. The summed E-state index contributed by atoms with van der Waals surface area (Å²) in [6.45, 7) is 0.624. The SMILES string of the molecule is N#Cc1cnc(NCc2cccc(CO)c2)cn1. The molecule has 2 aromatic rings. The molecule has 1 aromatic heterocycles. The minimum atomic E-state index is 0.0323. The van der Waals surface area contributed by atoms with Crippen LogP contribution in [0, 0.1) is 11.3 Å². The minimum absolute atomic E-state index is 0.0323. The largest absolute Gasteiger partial charge is 0.392 e. The van der Waals surface area contributed by atoms with Crippen molar-refractivity contribution in [1.29, 1.82) is 5.26 Å². The molecule has 18 heavy (non-hydrogen) atoms. The summed E-state index contributed by atoms with van der Waals surface area (Å²) in [4.78, 5) is 7.98. The molecule has 90 valence electrons. The van der Waals surface area contributed by atoms with Crippen molar-refractivity contribution < 1.29 is 5.11 Å². The maximum atomic E-state index is 9.03. The van der Waals surface area contributed by atoms with E-state index in [2.05, 4.69) is 15.3 Å². The second-order valence-electron chi connectivity index (χ2n) is 3.73. The van der Waals surface area contributed by atoms with Crippen LogP contribution >= 0.6 is 0 Å². The van der Waals surface area contributed by atoms with Gasteiger partial charge in [-0.05, 0) is 11.1 Å². The van der Waals surface area contributed by atoms with E-state index in [1.165, 1.54) is 12.4 Å². The van der Waals surface area contributed by atoms with Crippen LogP contribution in [0.2, 0.25) is 0 Å². The van der Waals surface area contributed by atoms with Crippen LogP contribution in [-0.4, -0.2) is 15.1 Å². The lowest BCUT2D eigenvalue weighted by Gasteiger charge is -2.06. The van der Waals surface area contributed by atoms with Gasteiger partial charge in [0.15, 0.2) is 5.69 Å². The Bertz CT molecular complexity index is 560. The van der Waals surface area contributed by atoms with Crippen LogP contribution in [0.25, 0.3) is 0 Å². The molecule has 2 rings (SSSR count). The Labute approximate surface area is 105 Å². The Morgan fingerprint density at radius 3 is 2.72 bits per heavy atom. The van der Waals surface area contributed by atoms with Gasteiger partial charge in [-0.25, -0.2) is 9.97 Å². The fourth-order valence-electron chi connectivity index (χ4n) is 1.51. The topological polar surface area (TPSA) is 81.8 Å². The van der Waals surface area contributed by atoms with Gasteiger partial charge in [-0.1, -0.05) is 24.3 Å². The first-order chi connectivity index (χ1) is 8.81. The number of nitriles is 1. The first kappa shape index (κ1) is 12.0. The quantitative estimate of drug-likeness (QED) is 0.845. The molecule has 0 aliphatic heterocycles. The number of nitrogens with zero attached hydrogens (tertiary/aromatic N) is 3. The molecular weight excluding hydrogens is 228 g/mol. The highest BCUT2D eigenvalue weighted by molar-refractivity contribution is 5.35. The lowest BCUT2D eigenvalue weighted by Crippen LogP contribution is -2.02. The van der Waals surface area contributed by atoms with E-state index in [1.54, 1.807) is 0 Å². The number of aliphatic hydroxyl groups is 1. The van der Waals surface area contributed by atoms with Gasteiger partial charge in [0, 0.05) is 6.54 Å². The Kier molecular flexibility index (Phi) is 3.84. The molecule has 0 saturated heterocycles. The number of nitrogens with one attached hydrogen (secondary N) is 1. The van der Waals surface area contributed by atoms with Crippen molar-refractivity contribution in [3.8, 4) is 6.07 Å². The van der Waals surface area contributed by atoms with E-state index in [1.807, 2.05) is 30.3 Å². The van der Waals surface area contributed by atoms with Crippen LogP contribution in [0.4, 0.5) is 5.82 Å². The summed E-state index contributed by atoms with van der Waals surface area (Å²) in [5, 5.41) is 20.7. The smallest absolute Gasteiger partial charge is 0.158 e. The molecule has 1 aromatic carbocycles. The van der Waals surface area contributed by atoms with E-state index in [0.717, 1.165) is 11.1 Å². The van der Waals surface area contributed by atoms with Gasteiger partial charge in [-0.2, -0.15) is 5.26 Å². The molecule has 1 heterocycles. The average Bonchev–Trinajstić information content (AvgIpc) is 2.46. The van der Waals surface area contributed by atoms with E-state index in [-0.39, 0.29) is 6.61 Å². The second-order valence-corrected chi connectivity index (χ2v) is 3.73. The molecule has 0 radical (unpaired) electrons. The van der Waals surface area contributed by atoms with Crippen molar-refractivity contribution in [2.24, 2.45) is 0 Å². The normalized spacial score (nSPS) is 9.78. The number of aromatic nitrogens is 2. The predicted molar refractivity (Wildman–Crippen MR) is 66.4 cm³/mol. The maximum Gasteiger partial charge on any atom is 0.158 e. The van der Waals surface area contributed by atoms with Crippen LogP contribution in [0.3, 0.4) is 0 Å². The van der Waals surface area contributed by atoms with E-state index >= 15 is 0 Å². The van der Waals surface area contributed by atoms with Crippen molar-refractivity contribution in [2.75, 3.05) is 5.32 Å². The first-order valence-electron chi connectivity index (χ1n) is 5.46. The van der Waals surface area contributed by atoms with Crippen molar-refractivity contribution in [2.45, 2.75) is 13.2 Å². The Balaban J connectivity index is 2.00. The number of aliphatic hydroxyl groups excluding tert-OH is 1. The summed E-state index contributed by atoms with van der Waals surface area (Å²) in [7, 11) is 0. The third kappa shape index (κ3) is 3.03. The number of anilines is 1. The van der Waals surface area contributed by atoms with Crippen molar-refractivity contribution in [3.05, 3.63) is 53.5 Å². The highest BCUT2D eigenvalue weighted by atomic mass is 16.3. The van der Waals surface area contributed by atoms with Gasteiger partial charge in [0.2, 0.25) is 0 Å². The van der Waals surface area contributed by atoms with Gasteiger partial charge in [0.05, 0.1) is 19.0 Å². The van der Waals surface area contributed by atoms with E-state index in [0.29, 0.717) is 18.1 Å². The average molecular weight is 240 g/mol. The van der Waals surface area contributed by atoms with E-state index in [9.17, 15) is 0 Å². The molecule has 2 N–H and O–H groups in total. The maximum absolute atomic E-state index is 9.03.